The number of hydrogen-bond donors (Lipinski definition) is 2. The molecule has 2 aromatic rings. The van der Waals surface area contributed by atoms with Gasteiger partial charge in [-0.1, -0.05) is 6.07 Å². The average Bonchev–Trinajstić information content (AvgIpc) is 2.99. The van der Waals surface area contributed by atoms with Crippen molar-refractivity contribution in [2.45, 2.75) is 4.90 Å². The number of rotatable bonds is 7. The molecule has 3 amide bonds. The summed E-state index contributed by atoms with van der Waals surface area (Å²) < 4.78 is 33.3. The van der Waals surface area contributed by atoms with Gasteiger partial charge in [-0.2, -0.15) is 0 Å². The van der Waals surface area contributed by atoms with Crippen molar-refractivity contribution in [3.63, 3.8) is 0 Å². The van der Waals surface area contributed by atoms with Crippen molar-refractivity contribution in [1.29, 1.82) is 0 Å². The molecule has 168 valence electrons. The maximum atomic E-state index is 12.2. The molecule has 12 heteroatoms. The van der Waals surface area contributed by atoms with Gasteiger partial charge in [0.1, 0.15) is 0 Å². The lowest BCUT2D eigenvalue weighted by Crippen LogP contribution is -2.22. The average molecular weight is 478 g/mol. The number of likely N-dealkylation sites (N-methyl/N-ethyl adjacent to an activating group) is 1. The van der Waals surface area contributed by atoms with Gasteiger partial charge in [-0.25, -0.2) is 13.6 Å². The number of imide groups is 1. The molecule has 1 saturated heterocycles. The fourth-order valence-electron chi connectivity index (χ4n) is 2.66. The zero-order chi connectivity index (χ0) is 23.5. The molecule has 0 aliphatic carbocycles. The third kappa shape index (κ3) is 5.46. The first-order chi connectivity index (χ1) is 15.1. The Labute approximate surface area is 188 Å². The highest BCUT2D eigenvalue weighted by Crippen LogP contribution is 2.33. The summed E-state index contributed by atoms with van der Waals surface area (Å²) in [7, 11) is -0.974. The second-order valence-corrected chi connectivity index (χ2v) is 9.11. The molecule has 1 heterocycles. The summed E-state index contributed by atoms with van der Waals surface area (Å²) in [6.07, 6.45) is 1.57. The monoisotopic (exact) mass is 477 g/mol. The Morgan fingerprint density at radius 1 is 1.16 bits per heavy atom. The number of nitrogens with zero attached hydrogens (tertiary/aromatic N) is 1. The van der Waals surface area contributed by atoms with Crippen LogP contribution in [0.4, 0.5) is 10.5 Å². The van der Waals surface area contributed by atoms with E-state index < -0.39 is 15.9 Å². The summed E-state index contributed by atoms with van der Waals surface area (Å²) in [6, 6.07) is 10.2. The molecule has 0 spiro atoms. The minimum Gasteiger partial charge on any atom is -0.493 e. The number of amides is 3. The van der Waals surface area contributed by atoms with Gasteiger partial charge in [-0.3, -0.25) is 19.3 Å². The van der Waals surface area contributed by atoms with Gasteiger partial charge < -0.3 is 14.8 Å². The molecule has 1 aliphatic heterocycles. The molecule has 0 atom stereocenters. The van der Waals surface area contributed by atoms with Crippen LogP contribution in [-0.2, 0) is 19.6 Å². The highest BCUT2D eigenvalue weighted by molar-refractivity contribution is 8.18. The molecule has 3 rings (SSSR count). The van der Waals surface area contributed by atoms with Crippen LogP contribution < -0.4 is 19.9 Å². The number of thioether (sulfide) groups is 1. The van der Waals surface area contributed by atoms with E-state index in [4.69, 9.17) is 14.6 Å². The quantitative estimate of drug-likeness (QED) is 0.576. The van der Waals surface area contributed by atoms with Crippen LogP contribution in [0.15, 0.2) is 52.3 Å². The fourth-order valence-corrected chi connectivity index (χ4v) is 4.00. The number of nitrogens with one attached hydrogen (secondary N) is 1. The molecule has 0 unspecified atom stereocenters. The Bertz CT molecular complexity index is 1210. The zero-order valence-electron chi connectivity index (χ0n) is 17.0. The van der Waals surface area contributed by atoms with E-state index in [0.717, 1.165) is 16.7 Å². The van der Waals surface area contributed by atoms with Crippen LogP contribution in [0.5, 0.6) is 11.5 Å². The van der Waals surface area contributed by atoms with E-state index in [1.807, 2.05) is 0 Å². The van der Waals surface area contributed by atoms with Gasteiger partial charge in [0.05, 0.1) is 16.9 Å². The molecular weight excluding hydrogens is 458 g/mol. The van der Waals surface area contributed by atoms with Crippen molar-refractivity contribution in [2.75, 3.05) is 26.1 Å². The van der Waals surface area contributed by atoms with E-state index in [1.54, 1.807) is 24.3 Å². The number of hydrogen-bond acceptors (Lipinski definition) is 8. The predicted molar refractivity (Wildman–Crippen MR) is 119 cm³/mol. The molecule has 0 bridgehead atoms. The fraction of sp³-hybridized carbons (Fsp3) is 0.150. The largest absolute Gasteiger partial charge is 0.493 e. The van der Waals surface area contributed by atoms with Crippen LogP contribution in [0.3, 0.4) is 0 Å². The van der Waals surface area contributed by atoms with Gasteiger partial charge in [-0.15, -0.1) is 0 Å². The van der Waals surface area contributed by atoms with Crippen LogP contribution >= 0.6 is 11.8 Å². The van der Waals surface area contributed by atoms with Crippen LogP contribution in [0.2, 0.25) is 0 Å². The second-order valence-electron chi connectivity index (χ2n) is 6.56. The standard InChI is InChI=1S/C20H19N3O7S2/c1-23-19(25)17(31-20(23)26)10-12-3-8-15(16(9-12)29-2)30-11-18(24)22-13-4-6-14(7-5-13)32(21,27)28/h3-10H,11H2,1-2H3,(H,22,24)(H2,21,27,28)/b17-10+. The minimum atomic E-state index is -3.82. The zero-order valence-corrected chi connectivity index (χ0v) is 18.7. The number of ether oxygens (including phenoxy) is 2. The normalized spacial score (nSPS) is 15.2. The number of carbonyl (C=O) groups excluding carboxylic acids is 3. The Hall–Kier alpha value is -3.35. The Morgan fingerprint density at radius 2 is 1.84 bits per heavy atom. The molecule has 32 heavy (non-hydrogen) atoms. The summed E-state index contributed by atoms with van der Waals surface area (Å²) in [5, 5.41) is 7.26. The van der Waals surface area contributed by atoms with E-state index in [2.05, 4.69) is 5.32 Å². The number of anilines is 1. The van der Waals surface area contributed by atoms with Gasteiger partial charge >= 0.3 is 0 Å². The molecular formula is C20H19N3O7S2. The van der Waals surface area contributed by atoms with Crippen LogP contribution in [-0.4, -0.2) is 51.1 Å². The lowest BCUT2D eigenvalue weighted by atomic mass is 10.2. The molecule has 2 aromatic carbocycles. The van der Waals surface area contributed by atoms with Crippen molar-refractivity contribution in [1.82, 2.24) is 4.90 Å². The number of nitrogens with two attached hydrogens (primary N) is 1. The number of carbonyl (C=O) groups is 3. The maximum Gasteiger partial charge on any atom is 0.293 e. The minimum absolute atomic E-state index is 0.0692. The molecule has 0 radical (unpaired) electrons. The van der Waals surface area contributed by atoms with Gasteiger partial charge in [0.25, 0.3) is 17.1 Å². The van der Waals surface area contributed by atoms with Crippen molar-refractivity contribution in [3.05, 3.63) is 52.9 Å². The maximum absolute atomic E-state index is 12.2. The molecule has 0 saturated carbocycles. The van der Waals surface area contributed by atoms with E-state index in [1.165, 1.54) is 38.4 Å². The summed E-state index contributed by atoms with van der Waals surface area (Å²) in [5.41, 5.74) is 0.991. The van der Waals surface area contributed by atoms with E-state index in [-0.39, 0.29) is 22.6 Å². The van der Waals surface area contributed by atoms with E-state index in [9.17, 15) is 22.8 Å². The third-order valence-electron chi connectivity index (χ3n) is 4.30. The molecule has 1 aliphatic rings. The van der Waals surface area contributed by atoms with Crippen molar-refractivity contribution < 1.29 is 32.3 Å². The van der Waals surface area contributed by atoms with Gasteiger partial charge in [0.15, 0.2) is 18.1 Å². The van der Waals surface area contributed by atoms with E-state index in [0.29, 0.717) is 27.7 Å². The van der Waals surface area contributed by atoms with Gasteiger partial charge in [0, 0.05) is 12.7 Å². The summed E-state index contributed by atoms with van der Waals surface area (Å²) in [5.74, 6) is -0.225. The molecule has 10 nitrogen and oxygen atoms in total. The Balaban J connectivity index is 1.64. The Morgan fingerprint density at radius 3 is 2.41 bits per heavy atom. The topological polar surface area (TPSA) is 145 Å². The molecule has 0 aromatic heterocycles. The third-order valence-corrected chi connectivity index (χ3v) is 6.19. The number of benzene rings is 2. The summed E-state index contributed by atoms with van der Waals surface area (Å²) >= 11 is 0.845. The predicted octanol–water partition coefficient (Wildman–Crippen LogP) is 2.03. The highest BCUT2D eigenvalue weighted by atomic mass is 32.2. The summed E-state index contributed by atoms with van der Waals surface area (Å²) in [6.45, 7) is -0.332. The highest BCUT2D eigenvalue weighted by Gasteiger charge is 2.31. The summed E-state index contributed by atoms with van der Waals surface area (Å²) in [4.78, 5) is 37.0. The first-order valence-corrected chi connectivity index (χ1v) is 11.4. The lowest BCUT2D eigenvalue weighted by Gasteiger charge is -2.12. The lowest BCUT2D eigenvalue weighted by molar-refractivity contribution is -0.121. The number of methoxy groups -OCH3 is 1. The second kappa shape index (κ2) is 9.42. The van der Waals surface area contributed by atoms with Gasteiger partial charge in [0.2, 0.25) is 10.0 Å². The Kier molecular flexibility index (Phi) is 6.87. The van der Waals surface area contributed by atoms with Gasteiger partial charge in [-0.05, 0) is 59.8 Å². The van der Waals surface area contributed by atoms with Crippen LogP contribution in [0.25, 0.3) is 6.08 Å². The molecule has 1 fully saturated rings. The molecule has 3 N–H and O–H groups in total. The van der Waals surface area contributed by atoms with Crippen LogP contribution in [0.1, 0.15) is 5.56 Å². The first-order valence-electron chi connectivity index (χ1n) is 9.03. The number of sulfonamides is 1. The van der Waals surface area contributed by atoms with Crippen LogP contribution in [0, 0.1) is 0 Å². The van der Waals surface area contributed by atoms with Crippen molar-refractivity contribution in [3.8, 4) is 11.5 Å². The van der Waals surface area contributed by atoms with Crippen molar-refractivity contribution >= 4 is 50.6 Å². The number of primary sulfonamides is 1. The van der Waals surface area contributed by atoms with Crippen molar-refractivity contribution in [2.24, 2.45) is 5.14 Å². The van der Waals surface area contributed by atoms with E-state index >= 15 is 0 Å². The SMILES string of the molecule is COc1cc(/C=C2/SC(=O)N(C)C2=O)ccc1OCC(=O)Nc1ccc(S(N)(=O)=O)cc1. The first kappa shape index (κ1) is 23.3. The smallest absolute Gasteiger partial charge is 0.293 e.